The Balaban J connectivity index is 2.03. The van der Waals surface area contributed by atoms with Gasteiger partial charge >= 0.3 is 0 Å². The summed E-state index contributed by atoms with van der Waals surface area (Å²) in [5.41, 5.74) is 1.35. The average Bonchev–Trinajstić information content (AvgIpc) is 2.55. The molecule has 1 amide bonds. The lowest BCUT2D eigenvalue weighted by molar-refractivity contribution is -0.125. The number of anilines is 1. The third kappa shape index (κ3) is 4.44. The first-order valence-electron chi connectivity index (χ1n) is 8.48. The summed E-state index contributed by atoms with van der Waals surface area (Å²) in [5.74, 6) is 0.936. The minimum absolute atomic E-state index is 0.00306. The number of pyridine rings is 1. The molecule has 0 aliphatic carbocycles. The fourth-order valence-corrected chi connectivity index (χ4v) is 3.07. The van der Waals surface area contributed by atoms with E-state index in [1.165, 1.54) is 0 Å². The summed E-state index contributed by atoms with van der Waals surface area (Å²) in [4.78, 5) is 19.0. The number of nitrogens with zero attached hydrogens (tertiary/aromatic N) is 3. The molecule has 5 heteroatoms. The monoisotopic (exact) mass is 314 g/mol. The van der Waals surface area contributed by atoms with Crippen LogP contribution >= 0.6 is 0 Å². The summed E-state index contributed by atoms with van der Waals surface area (Å²) < 4.78 is 0. The van der Waals surface area contributed by atoms with Gasteiger partial charge in [0.25, 0.3) is 0 Å². The Morgan fingerprint density at radius 2 is 2.35 bits per heavy atom. The number of hydrogen-bond donors (Lipinski definition) is 1. The van der Waals surface area contributed by atoms with Crippen LogP contribution in [0.15, 0.2) is 12.1 Å². The van der Waals surface area contributed by atoms with Crippen LogP contribution in [0.3, 0.4) is 0 Å². The minimum Gasteiger partial charge on any atom is -0.356 e. The smallest absolute Gasteiger partial charge is 0.225 e. The van der Waals surface area contributed by atoms with Crippen LogP contribution in [0.4, 0.5) is 5.82 Å². The van der Waals surface area contributed by atoms with Crippen molar-refractivity contribution < 1.29 is 4.79 Å². The van der Waals surface area contributed by atoms with E-state index in [0.29, 0.717) is 12.2 Å². The number of nitriles is 1. The van der Waals surface area contributed by atoms with Gasteiger partial charge in [-0.2, -0.15) is 5.26 Å². The zero-order valence-corrected chi connectivity index (χ0v) is 14.3. The molecular weight excluding hydrogens is 288 g/mol. The van der Waals surface area contributed by atoms with Crippen molar-refractivity contribution >= 4 is 11.7 Å². The number of carbonyl (C=O) groups excluding carboxylic acids is 1. The van der Waals surface area contributed by atoms with Crippen LogP contribution in [0.1, 0.15) is 50.8 Å². The fraction of sp³-hybridized carbons (Fsp3) is 0.611. The van der Waals surface area contributed by atoms with Crippen molar-refractivity contribution in [3.8, 4) is 6.07 Å². The van der Waals surface area contributed by atoms with Crippen molar-refractivity contribution in [2.75, 3.05) is 18.0 Å². The van der Waals surface area contributed by atoms with Crippen molar-refractivity contribution in [2.45, 2.75) is 52.5 Å². The highest BCUT2D eigenvalue weighted by Gasteiger charge is 2.27. The van der Waals surface area contributed by atoms with E-state index in [2.05, 4.69) is 35.1 Å². The predicted octanol–water partition coefficient (Wildman–Crippen LogP) is 2.78. The van der Waals surface area contributed by atoms with Crippen molar-refractivity contribution in [3.05, 3.63) is 23.4 Å². The summed E-state index contributed by atoms with van der Waals surface area (Å²) >= 11 is 0. The van der Waals surface area contributed by atoms with Gasteiger partial charge in [0.1, 0.15) is 17.6 Å². The van der Waals surface area contributed by atoms with Gasteiger partial charge in [-0.15, -0.1) is 0 Å². The van der Waals surface area contributed by atoms with E-state index in [9.17, 15) is 4.79 Å². The van der Waals surface area contributed by atoms with Crippen molar-refractivity contribution in [3.63, 3.8) is 0 Å². The second kappa shape index (κ2) is 7.96. The summed E-state index contributed by atoms with van der Waals surface area (Å²) in [6.45, 7) is 7.63. The minimum atomic E-state index is -0.00306. The van der Waals surface area contributed by atoms with Gasteiger partial charge in [0.05, 0.1) is 5.92 Å². The van der Waals surface area contributed by atoms with Crippen molar-refractivity contribution in [1.82, 2.24) is 10.3 Å². The molecule has 2 heterocycles. The molecule has 0 bridgehead atoms. The number of rotatable bonds is 5. The van der Waals surface area contributed by atoms with E-state index < -0.39 is 0 Å². The second-order valence-electron chi connectivity index (χ2n) is 6.43. The molecule has 2 rings (SSSR count). The largest absolute Gasteiger partial charge is 0.356 e. The lowest BCUT2D eigenvalue weighted by Gasteiger charge is -2.33. The van der Waals surface area contributed by atoms with Gasteiger partial charge in [0.2, 0.25) is 5.91 Å². The Kier molecular flexibility index (Phi) is 5.97. The Morgan fingerprint density at radius 3 is 3.04 bits per heavy atom. The third-order valence-electron chi connectivity index (χ3n) is 4.41. The quantitative estimate of drug-likeness (QED) is 0.907. The van der Waals surface area contributed by atoms with E-state index in [4.69, 9.17) is 5.26 Å². The van der Waals surface area contributed by atoms with Gasteiger partial charge in [-0.25, -0.2) is 4.98 Å². The highest BCUT2D eigenvalue weighted by Crippen LogP contribution is 2.23. The van der Waals surface area contributed by atoms with Crippen molar-refractivity contribution in [1.29, 1.82) is 5.26 Å². The molecule has 0 aromatic carbocycles. The molecule has 1 N–H and O–H groups in total. The molecule has 1 aliphatic heterocycles. The number of amides is 1. The van der Waals surface area contributed by atoms with E-state index in [1.807, 2.05) is 19.1 Å². The van der Waals surface area contributed by atoms with E-state index in [1.54, 1.807) is 0 Å². The first-order chi connectivity index (χ1) is 11.0. The standard InChI is InChI=1S/C18H26N4O/c1-4-6-14(3)20-18(23)15-7-5-10-22(12-15)17-9-8-13(2)16(11-19)21-17/h8-9,14-15H,4-7,10,12H2,1-3H3,(H,20,23). The zero-order chi connectivity index (χ0) is 16.8. The number of aryl methyl sites for hydroxylation is 1. The number of aromatic nitrogens is 1. The molecule has 124 valence electrons. The molecule has 2 unspecified atom stereocenters. The van der Waals surface area contributed by atoms with E-state index >= 15 is 0 Å². The third-order valence-corrected chi connectivity index (χ3v) is 4.41. The lowest BCUT2D eigenvalue weighted by Crippen LogP contribution is -2.45. The lowest BCUT2D eigenvalue weighted by atomic mass is 9.96. The highest BCUT2D eigenvalue weighted by atomic mass is 16.2. The molecule has 0 radical (unpaired) electrons. The number of nitrogens with one attached hydrogen (secondary N) is 1. The van der Waals surface area contributed by atoms with E-state index in [-0.39, 0.29) is 17.9 Å². The molecule has 0 saturated carbocycles. The Bertz CT molecular complexity index is 593. The molecule has 1 aromatic rings. The second-order valence-corrected chi connectivity index (χ2v) is 6.43. The van der Waals surface area contributed by atoms with Crippen LogP contribution in [0.2, 0.25) is 0 Å². The first kappa shape index (κ1) is 17.3. The molecule has 1 aromatic heterocycles. The molecular formula is C18H26N4O. The normalized spacial score (nSPS) is 19.0. The first-order valence-corrected chi connectivity index (χ1v) is 8.48. The van der Waals surface area contributed by atoms with Crippen LogP contribution in [0.5, 0.6) is 0 Å². The molecule has 1 fully saturated rings. The summed E-state index contributed by atoms with van der Waals surface area (Å²) in [7, 11) is 0. The van der Waals surface area contributed by atoms with Crippen LogP contribution in [0.25, 0.3) is 0 Å². The zero-order valence-electron chi connectivity index (χ0n) is 14.3. The molecule has 0 spiro atoms. The molecule has 1 saturated heterocycles. The van der Waals surface area contributed by atoms with E-state index in [0.717, 1.165) is 43.6 Å². The number of piperidine rings is 1. The summed E-state index contributed by atoms with van der Waals surface area (Å²) in [5, 5.41) is 12.3. The summed E-state index contributed by atoms with van der Waals surface area (Å²) in [6.07, 6.45) is 3.96. The Hall–Kier alpha value is -2.09. The van der Waals surface area contributed by atoms with Gasteiger partial charge in [-0.1, -0.05) is 19.4 Å². The molecule has 1 aliphatic rings. The Morgan fingerprint density at radius 1 is 1.57 bits per heavy atom. The Labute approximate surface area is 138 Å². The average molecular weight is 314 g/mol. The summed E-state index contributed by atoms with van der Waals surface area (Å²) in [6, 6.07) is 6.22. The number of carbonyl (C=O) groups is 1. The van der Waals surface area contributed by atoms with Gasteiger partial charge in [-0.05, 0) is 44.7 Å². The topological polar surface area (TPSA) is 69.0 Å². The SMILES string of the molecule is CCCC(C)NC(=O)C1CCCN(c2ccc(C)c(C#N)n2)C1. The predicted molar refractivity (Wildman–Crippen MR) is 91.1 cm³/mol. The number of hydrogen-bond acceptors (Lipinski definition) is 4. The van der Waals surface area contributed by atoms with Gasteiger partial charge in [0, 0.05) is 19.1 Å². The van der Waals surface area contributed by atoms with Crippen molar-refractivity contribution in [2.24, 2.45) is 5.92 Å². The van der Waals surface area contributed by atoms with Crippen LogP contribution < -0.4 is 10.2 Å². The van der Waals surface area contributed by atoms with Gasteiger partial charge in [0.15, 0.2) is 0 Å². The van der Waals surface area contributed by atoms with Gasteiger partial charge in [-0.3, -0.25) is 4.79 Å². The fourth-order valence-electron chi connectivity index (χ4n) is 3.07. The molecule has 2 atom stereocenters. The highest BCUT2D eigenvalue weighted by molar-refractivity contribution is 5.79. The maximum atomic E-state index is 12.4. The maximum absolute atomic E-state index is 12.4. The maximum Gasteiger partial charge on any atom is 0.225 e. The van der Waals surface area contributed by atoms with Crippen LogP contribution in [-0.2, 0) is 4.79 Å². The van der Waals surface area contributed by atoms with Gasteiger partial charge < -0.3 is 10.2 Å². The van der Waals surface area contributed by atoms with Crippen LogP contribution in [0, 0.1) is 24.2 Å². The van der Waals surface area contributed by atoms with Crippen LogP contribution in [-0.4, -0.2) is 30.0 Å². The molecule has 5 nitrogen and oxygen atoms in total. The molecule has 23 heavy (non-hydrogen) atoms.